The van der Waals surface area contributed by atoms with Crippen LogP contribution in [0.25, 0.3) is 0 Å². The Morgan fingerprint density at radius 3 is 3.11 bits per heavy atom. The summed E-state index contributed by atoms with van der Waals surface area (Å²) >= 11 is 1.24. The molecule has 18 heavy (non-hydrogen) atoms. The zero-order valence-corrected chi connectivity index (χ0v) is 10.7. The molecule has 0 spiro atoms. The molecule has 3 rings (SSSR count). The quantitative estimate of drug-likeness (QED) is 0.889. The number of aromatic nitrogens is 2. The van der Waals surface area contributed by atoms with Crippen molar-refractivity contribution in [1.82, 2.24) is 14.5 Å². The molecule has 1 aliphatic heterocycles. The molecule has 1 aromatic carbocycles. The SMILES string of the molecule is Nc1snnc1CN1CCOc2ccccc2C1. The van der Waals surface area contributed by atoms with Gasteiger partial charge in [-0.3, -0.25) is 4.90 Å². The Hall–Kier alpha value is -1.66. The first-order valence-electron chi connectivity index (χ1n) is 5.82. The van der Waals surface area contributed by atoms with E-state index in [1.165, 1.54) is 17.1 Å². The molecule has 0 aliphatic carbocycles. The van der Waals surface area contributed by atoms with E-state index >= 15 is 0 Å². The lowest BCUT2D eigenvalue weighted by Crippen LogP contribution is -2.25. The topological polar surface area (TPSA) is 64.3 Å². The Bertz CT molecular complexity index is 542. The van der Waals surface area contributed by atoms with E-state index in [-0.39, 0.29) is 0 Å². The van der Waals surface area contributed by atoms with Gasteiger partial charge in [-0.25, -0.2) is 0 Å². The summed E-state index contributed by atoms with van der Waals surface area (Å²) in [7, 11) is 0. The van der Waals surface area contributed by atoms with Gasteiger partial charge in [0.2, 0.25) is 0 Å². The van der Waals surface area contributed by atoms with Crippen molar-refractivity contribution in [2.75, 3.05) is 18.9 Å². The number of ether oxygens (including phenoxy) is 1. The minimum atomic E-state index is 0.689. The van der Waals surface area contributed by atoms with E-state index in [9.17, 15) is 0 Å². The van der Waals surface area contributed by atoms with E-state index < -0.39 is 0 Å². The molecular formula is C12H14N4OS. The monoisotopic (exact) mass is 262 g/mol. The van der Waals surface area contributed by atoms with Crippen LogP contribution in [0.15, 0.2) is 24.3 Å². The van der Waals surface area contributed by atoms with Gasteiger partial charge in [-0.2, -0.15) is 0 Å². The van der Waals surface area contributed by atoms with E-state index in [2.05, 4.69) is 20.6 Å². The lowest BCUT2D eigenvalue weighted by molar-refractivity contribution is 0.218. The molecule has 1 aliphatic rings. The van der Waals surface area contributed by atoms with Crippen LogP contribution in [0.3, 0.4) is 0 Å². The molecule has 0 radical (unpaired) electrons. The normalized spacial score (nSPS) is 15.8. The standard InChI is InChI=1S/C12H14N4OS/c13-12-10(14-15-18-12)8-16-5-6-17-11-4-2-1-3-9(11)7-16/h1-4H,5-8,13H2. The molecule has 0 saturated carbocycles. The highest BCUT2D eigenvalue weighted by Gasteiger charge is 2.17. The fraction of sp³-hybridized carbons (Fsp3) is 0.333. The Labute approximate surface area is 109 Å². The van der Waals surface area contributed by atoms with Gasteiger partial charge in [0.05, 0.1) is 0 Å². The van der Waals surface area contributed by atoms with Crippen LogP contribution >= 0.6 is 11.5 Å². The summed E-state index contributed by atoms with van der Waals surface area (Å²) in [4.78, 5) is 2.28. The Morgan fingerprint density at radius 1 is 1.39 bits per heavy atom. The molecule has 1 aromatic heterocycles. The fourth-order valence-electron chi connectivity index (χ4n) is 2.05. The third kappa shape index (κ3) is 2.30. The number of benzene rings is 1. The number of rotatable bonds is 2. The summed E-state index contributed by atoms with van der Waals surface area (Å²) in [5, 5.41) is 4.76. The third-order valence-corrected chi connectivity index (χ3v) is 3.59. The Balaban J connectivity index is 1.77. The Kier molecular flexibility index (Phi) is 3.12. The molecule has 0 saturated heterocycles. The van der Waals surface area contributed by atoms with Crippen molar-refractivity contribution in [3.05, 3.63) is 35.5 Å². The number of nitrogens with zero attached hydrogens (tertiary/aromatic N) is 3. The lowest BCUT2D eigenvalue weighted by Gasteiger charge is -2.17. The van der Waals surface area contributed by atoms with Gasteiger partial charge in [-0.15, -0.1) is 5.10 Å². The fourth-order valence-corrected chi connectivity index (χ4v) is 2.49. The summed E-state index contributed by atoms with van der Waals surface area (Å²) in [5.41, 5.74) is 7.89. The number of anilines is 1. The molecular weight excluding hydrogens is 248 g/mol. The molecule has 0 unspecified atom stereocenters. The van der Waals surface area contributed by atoms with Gasteiger partial charge in [0, 0.05) is 36.7 Å². The molecule has 0 atom stereocenters. The van der Waals surface area contributed by atoms with Crippen LogP contribution in [0.2, 0.25) is 0 Å². The smallest absolute Gasteiger partial charge is 0.132 e. The summed E-state index contributed by atoms with van der Waals surface area (Å²) in [6.07, 6.45) is 0. The van der Waals surface area contributed by atoms with Gasteiger partial charge >= 0.3 is 0 Å². The van der Waals surface area contributed by atoms with Crippen molar-refractivity contribution in [2.45, 2.75) is 13.1 Å². The first kappa shape index (κ1) is 11.4. The predicted molar refractivity (Wildman–Crippen MR) is 70.4 cm³/mol. The van der Waals surface area contributed by atoms with Crippen molar-refractivity contribution in [3.63, 3.8) is 0 Å². The van der Waals surface area contributed by atoms with Crippen LogP contribution in [0.1, 0.15) is 11.3 Å². The number of nitrogens with two attached hydrogens (primary N) is 1. The highest BCUT2D eigenvalue weighted by Crippen LogP contribution is 2.24. The van der Waals surface area contributed by atoms with Gasteiger partial charge in [0.1, 0.15) is 23.1 Å². The van der Waals surface area contributed by atoms with Crippen LogP contribution in [-0.2, 0) is 13.1 Å². The van der Waals surface area contributed by atoms with Crippen molar-refractivity contribution in [2.24, 2.45) is 0 Å². The summed E-state index contributed by atoms with van der Waals surface area (Å²) in [6.45, 7) is 3.13. The molecule has 6 heteroatoms. The van der Waals surface area contributed by atoms with Crippen molar-refractivity contribution < 1.29 is 4.74 Å². The maximum atomic E-state index is 5.83. The molecule has 2 N–H and O–H groups in total. The van der Waals surface area contributed by atoms with Crippen LogP contribution in [-0.4, -0.2) is 27.6 Å². The minimum Gasteiger partial charge on any atom is -0.492 e. The lowest BCUT2D eigenvalue weighted by atomic mass is 10.2. The zero-order valence-electron chi connectivity index (χ0n) is 9.87. The third-order valence-electron chi connectivity index (χ3n) is 2.99. The minimum absolute atomic E-state index is 0.689. The number of nitrogen functional groups attached to an aromatic ring is 1. The zero-order chi connectivity index (χ0) is 12.4. The predicted octanol–water partition coefficient (Wildman–Crippen LogP) is 1.51. The average Bonchev–Trinajstić information content (AvgIpc) is 2.66. The first-order valence-corrected chi connectivity index (χ1v) is 6.60. The van der Waals surface area contributed by atoms with Crippen LogP contribution in [0, 0.1) is 0 Å². The highest BCUT2D eigenvalue weighted by atomic mass is 32.1. The van der Waals surface area contributed by atoms with Crippen LogP contribution in [0.4, 0.5) is 5.00 Å². The molecule has 0 bridgehead atoms. The number of hydrogen-bond acceptors (Lipinski definition) is 6. The largest absolute Gasteiger partial charge is 0.492 e. The van der Waals surface area contributed by atoms with E-state index in [1.807, 2.05) is 18.2 Å². The van der Waals surface area contributed by atoms with Gasteiger partial charge in [0.15, 0.2) is 0 Å². The van der Waals surface area contributed by atoms with Crippen molar-refractivity contribution in [1.29, 1.82) is 0 Å². The summed E-state index contributed by atoms with van der Waals surface area (Å²) in [5.74, 6) is 0.976. The maximum absolute atomic E-state index is 5.83. The maximum Gasteiger partial charge on any atom is 0.132 e. The van der Waals surface area contributed by atoms with Crippen molar-refractivity contribution >= 4 is 16.5 Å². The van der Waals surface area contributed by atoms with E-state index in [4.69, 9.17) is 10.5 Å². The molecule has 2 aromatic rings. The van der Waals surface area contributed by atoms with E-state index in [0.717, 1.165) is 31.1 Å². The van der Waals surface area contributed by atoms with Gasteiger partial charge in [-0.1, -0.05) is 22.7 Å². The highest BCUT2D eigenvalue weighted by molar-refractivity contribution is 7.09. The van der Waals surface area contributed by atoms with Gasteiger partial charge in [0.25, 0.3) is 0 Å². The average molecular weight is 262 g/mol. The second kappa shape index (κ2) is 4.91. The number of para-hydroxylation sites is 1. The van der Waals surface area contributed by atoms with Crippen LogP contribution < -0.4 is 10.5 Å². The van der Waals surface area contributed by atoms with Gasteiger partial charge < -0.3 is 10.5 Å². The van der Waals surface area contributed by atoms with E-state index in [0.29, 0.717) is 11.6 Å². The molecule has 5 nitrogen and oxygen atoms in total. The Morgan fingerprint density at radius 2 is 2.28 bits per heavy atom. The van der Waals surface area contributed by atoms with Gasteiger partial charge in [-0.05, 0) is 6.07 Å². The second-order valence-corrected chi connectivity index (χ2v) is 5.04. The molecule has 2 heterocycles. The summed E-state index contributed by atoms with van der Waals surface area (Å²) < 4.78 is 9.59. The second-order valence-electron chi connectivity index (χ2n) is 4.25. The molecule has 0 fully saturated rings. The van der Waals surface area contributed by atoms with E-state index in [1.54, 1.807) is 0 Å². The molecule has 0 amide bonds. The number of hydrogen-bond donors (Lipinski definition) is 1. The number of fused-ring (bicyclic) bond motifs is 1. The first-order chi connectivity index (χ1) is 8.83. The summed E-state index contributed by atoms with van der Waals surface area (Å²) in [6, 6.07) is 8.13. The van der Waals surface area contributed by atoms with Crippen LogP contribution in [0.5, 0.6) is 5.75 Å². The molecule has 94 valence electrons. The van der Waals surface area contributed by atoms with Crippen molar-refractivity contribution in [3.8, 4) is 5.75 Å².